The lowest BCUT2D eigenvalue weighted by Crippen LogP contribution is -2.52. The molecule has 1 saturated heterocycles. The Morgan fingerprint density at radius 1 is 1.56 bits per heavy atom. The molecule has 0 aliphatic carbocycles. The van der Waals surface area contributed by atoms with E-state index in [0.29, 0.717) is 17.7 Å². The van der Waals surface area contributed by atoms with E-state index in [-0.39, 0.29) is 11.7 Å². The zero-order valence-corrected chi connectivity index (χ0v) is 12.2. The highest BCUT2D eigenvalue weighted by atomic mass is 32.1. The summed E-state index contributed by atoms with van der Waals surface area (Å²) >= 11 is 1.31. The molecular formula is C12H21N3O2S. The number of aromatic nitrogens is 2. The van der Waals surface area contributed by atoms with Crippen LogP contribution in [0.15, 0.2) is 0 Å². The molecule has 0 amide bonds. The molecule has 102 valence electrons. The van der Waals surface area contributed by atoms with Gasteiger partial charge >= 0.3 is 0 Å². The topological polar surface area (TPSA) is 56.3 Å². The van der Waals surface area contributed by atoms with Gasteiger partial charge in [-0.05, 0) is 13.8 Å². The van der Waals surface area contributed by atoms with Gasteiger partial charge in [0.2, 0.25) is 0 Å². The van der Waals surface area contributed by atoms with Gasteiger partial charge in [0.25, 0.3) is 5.19 Å². The van der Waals surface area contributed by atoms with E-state index in [1.807, 2.05) is 0 Å². The summed E-state index contributed by atoms with van der Waals surface area (Å²) in [7, 11) is 0. The molecule has 6 heteroatoms. The standard InChI is InChI=1S/C12H21N3O2S/c1-8(2)10-14-11(18-15-10)16-6-9-5-13-7-12(3,4)17-9/h8-9,13H,5-7H2,1-4H3. The molecule has 18 heavy (non-hydrogen) atoms. The van der Waals surface area contributed by atoms with Gasteiger partial charge in [-0.1, -0.05) is 13.8 Å². The minimum atomic E-state index is -0.128. The second kappa shape index (κ2) is 5.50. The molecule has 0 bridgehead atoms. The molecule has 2 rings (SSSR count). The largest absolute Gasteiger partial charge is 0.466 e. The average molecular weight is 271 g/mol. The normalized spacial score (nSPS) is 23.3. The van der Waals surface area contributed by atoms with Crippen molar-refractivity contribution in [2.24, 2.45) is 0 Å². The van der Waals surface area contributed by atoms with E-state index in [9.17, 15) is 0 Å². The number of rotatable bonds is 4. The molecule has 1 aliphatic heterocycles. The van der Waals surface area contributed by atoms with Crippen LogP contribution < -0.4 is 10.1 Å². The molecule has 1 unspecified atom stereocenters. The highest BCUT2D eigenvalue weighted by molar-refractivity contribution is 7.07. The summed E-state index contributed by atoms with van der Waals surface area (Å²) in [4.78, 5) is 4.34. The quantitative estimate of drug-likeness (QED) is 0.905. The van der Waals surface area contributed by atoms with E-state index >= 15 is 0 Å². The van der Waals surface area contributed by atoms with Crippen LogP contribution in [0.1, 0.15) is 39.4 Å². The first-order valence-electron chi connectivity index (χ1n) is 6.31. The van der Waals surface area contributed by atoms with Crippen molar-refractivity contribution in [1.29, 1.82) is 0 Å². The Bertz CT molecular complexity index is 392. The van der Waals surface area contributed by atoms with E-state index in [1.165, 1.54) is 11.5 Å². The molecule has 0 spiro atoms. The Balaban J connectivity index is 1.83. The highest BCUT2D eigenvalue weighted by Gasteiger charge is 2.28. The molecule has 0 aromatic carbocycles. The maximum Gasteiger partial charge on any atom is 0.293 e. The molecule has 1 atom stereocenters. The first-order chi connectivity index (χ1) is 8.46. The van der Waals surface area contributed by atoms with Crippen LogP contribution in [-0.2, 0) is 4.74 Å². The van der Waals surface area contributed by atoms with E-state index in [1.54, 1.807) is 0 Å². The number of hydrogen-bond donors (Lipinski definition) is 1. The monoisotopic (exact) mass is 271 g/mol. The van der Waals surface area contributed by atoms with Crippen molar-refractivity contribution >= 4 is 11.5 Å². The van der Waals surface area contributed by atoms with Crippen LogP contribution in [0.2, 0.25) is 0 Å². The van der Waals surface area contributed by atoms with Gasteiger partial charge in [-0.25, -0.2) is 0 Å². The van der Waals surface area contributed by atoms with E-state index in [2.05, 4.69) is 42.4 Å². The zero-order valence-electron chi connectivity index (χ0n) is 11.4. The lowest BCUT2D eigenvalue weighted by atomic mass is 10.1. The van der Waals surface area contributed by atoms with Crippen molar-refractivity contribution in [3.05, 3.63) is 5.82 Å². The van der Waals surface area contributed by atoms with Crippen molar-refractivity contribution in [3.63, 3.8) is 0 Å². The fraction of sp³-hybridized carbons (Fsp3) is 0.833. The summed E-state index contributed by atoms with van der Waals surface area (Å²) in [6, 6.07) is 0. The summed E-state index contributed by atoms with van der Waals surface area (Å²) in [5.74, 6) is 1.18. The van der Waals surface area contributed by atoms with Gasteiger partial charge in [-0.3, -0.25) is 0 Å². The molecule has 5 nitrogen and oxygen atoms in total. The molecule has 1 aliphatic rings. The Kier molecular flexibility index (Phi) is 4.19. The number of ether oxygens (including phenoxy) is 2. The third-order valence-electron chi connectivity index (χ3n) is 2.74. The minimum Gasteiger partial charge on any atom is -0.466 e. The van der Waals surface area contributed by atoms with Crippen LogP contribution in [0.25, 0.3) is 0 Å². The predicted octanol–water partition coefficient (Wildman–Crippen LogP) is 1.81. The molecule has 1 N–H and O–H groups in total. The lowest BCUT2D eigenvalue weighted by Gasteiger charge is -2.36. The molecule has 1 aromatic rings. The lowest BCUT2D eigenvalue weighted by molar-refractivity contribution is -0.107. The van der Waals surface area contributed by atoms with Gasteiger partial charge in [0.15, 0.2) is 0 Å². The van der Waals surface area contributed by atoms with Crippen LogP contribution in [-0.4, -0.2) is 40.8 Å². The summed E-state index contributed by atoms with van der Waals surface area (Å²) < 4.78 is 15.8. The van der Waals surface area contributed by atoms with Crippen molar-refractivity contribution in [3.8, 4) is 5.19 Å². The molecule has 1 aromatic heterocycles. The van der Waals surface area contributed by atoms with Gasteiger partial charge in [-0.2, -0.15) is 9.36 Å². The first kappa shape index (κ1) is 13.7. The fourth-order valence-electron chi connectivity index (χ4n) is 1.84. The van der Waals surface area contributed by atoms with Gasteiger partial charge in [0.1, 0.15) is 18.5 Å². The van der Waals surface area contributed by atoms with Gasteiger partial charge in [0.05, 0.1) is 5.60 Å². The maximum atomic E-state index is 5.92. The second-order valence-electron chi connectivity index (χ2n) is 5.51. The summed E-state index contributed by atoms with van der Waals surface area (Å²) in [6.07, 6.45) is 0.0696. The van der Waals surface area contributed by atoms with Crippen molar-refractivity contribution < 1.29 is 9.47 Å². The van der Waals surface area contributed by atoms with Gasteiger partial charge < -0.3 is 14.8 Å². The average Bonchev–Trinajstić information content (AvgIpc) is 2.74. The van der Waals surface area contributed by atoms with Crippen LogP contribution in [0.4, 0.5) is 0 Å². The third-order valence-corrected chi connectivity index (χ3v) is 3.38. The molecule has 1 fully saturated rings. The van der Waals surface area contributed by atoms with Crippen molar-refractivity contribution in [1.82, 2.24) is 14.7 Å². The Hall–Kier alpha value is -0.720. The van der Waals surface area contributed by atoms with E-state index in [0.717, 1.165) is 18.9 Å². The smallest absolute Gasteiger partial charge is 0.293 e. The maximum absolute atomic E-state index is 5.92. The van der Waals surface area contributed by atoms with Crippen LogP contribution in [0.3, 0.4) is 0 Å². The summed E-state index contributed by atoms with van der Waals surface area (Å²) in [6.45, 7) is 10.5. The van der Waals surface area contributed by atoms with Crippen LogP contribution in [0, 0.1) is 0 Å². The third kappa shape index (κ3) is 3.63. The molecule has 0 radical (unpaired) electrons. The molecular weight excluding hydrogens is 250 g/mol. The Morgan fingerprint density at radius 3 is 2.94 bits per heavy atom. The second-order valence-corrected chi connectivity index (χ2v) is 6.23. The van der Waals surface area contributed by atoms with E-state index < -0.39 is 0 Å². The predicted molar refractivity (Wildman–Crippen MR) is 71.3 cm³/mol. The first-order valence-corrected chi connectivity index (χ1v) is 7.08. The summed E-state index contributed by atoms with van der Waals surface area (Å²) in [5, 5.41) is 3.98. The number of nitrogens with one attached hydrogen (secondary N) is 1. The SMILES string of the molecule is CC(C)c1nsc(OCC2CNCC(C)(C)O2)n1. The summed E-state index contributed by atoms with van der Waals surface area (Å²) in [5.41, 5.74) is -0.128. The molecule has 0 saturated carbocycles. The Labute approximate surface area is 112 Å². The highest BCUT2D eigenvalue weighted by Crippen LogP contribution is 2.21. The van der Waals surface area contributed by atoms with E-state index in [4.69, 9.17) is 9.47 Å². The number of nitrogens with zero attached hydrogens (tertiary/aromatic N) is 2. The number of morpholine rings is 1. The fourth-order valence-corrected chi connectivity index (χ4v) is 2.52. The van der Waals surface area contributed by atoms with Gasteiger partial charge in [0, 0.05) is 30.5 Å². The number of hydrogen-bond acceptors (Lipinski definition) is 6. The van der Waals surface area contributed by atoms with Crippen LogP contribution in [0.5, 0.6) is 5.19 Å². The van der Waals surface area contributed by atoms with Crippen LogP contribution >= 0.6 is 11.5 Å². The van der Waals surface area contributed by atoms with Gasteiger partial charge in [-0.15, -0.1) is 0 Å². The van der Waals surface area contributed by atoms with Crippen molar-refractivity contribution in [2.45, 2.75) is 45.3 Å². The minimum absolute atomic E-state index is 0.0696. The Morgan fingerprint density at radius 2 is 2.33 bits per heavy atom. The van der Waals surface area contributed by atoms with Crippen molar-refractivity contribution in [2.75, 3.05) is 19.7 Å². The zero-order chi connectivity index (χ0) is 13.2. The molecule has 2 heterocycles.